The fourth-order valence-electron chi connectivity index (χ4n) is 1.50. The van der Waals surface area contributed by atoms with Gasteiger partial charge in [0.05, 0.1) is 20.6 Å². The van der Waals surface area contributed by atoms with Crippen LogP contribution in [0.25, 0.3) is 11.1 Å². The Morgan fingerprint density at radius 2 is 2.24 bits per heavy atom. The minimum atomic E-state index is -0.273. The molecule has 0 spiro atoms. The summed E-state index contributed by atoms with van der Waals surface area (Å²) in [5, 5.41) is 0. The number of benzene rings is 1. The Labute approximate surface area is 98.3 Å². The van der Waals surface area contributed by atoms with Crippen molar-refractivity contribution in [2.24, 2.45) is 0 Å². The minimum absolute atomic E-state index is 0.264. The van der Waals surface area contributed by atoms with Crippen LogP contribution in [-0.4, -0.2) is 25.2 Å². The van der Waals surface area contributed by atoms with Gasteiger partial charge in [0.25, 0.3) is 0 Å². The van der Waals surface area contributed by atoms with Crippen LogP contribution in [0.15, 0.2) is 22.6 Å². The number of hydrogen-bond donors (Lipinski definition) is 0. The number of hydrogen-bond acceptors (Lipinski definition) is 5. The molecule has 1 heterocycles. The molecule has 0 N–H and O–H groups in total. The number of esters is 1. The van der Waals surface area contributed by atoms with E-state index in [0.29, 0.717) is 23.6 Å². The predicted molar refractivity (Wildman–Crippen MR) is 60.9 cm³/mol. The van der Waals surface area contributed by atoms with E-state index < -0.39 is 0 Å². The fourth-order valence-corrected chi connectivity index (χ4v) is 1.50. The molecule has 0 atom stereocenters. The zero-order valence-electron chi connectivity index (χ0n) is 9.73. The van der Waals surface area contributed by atoms with Gasteiger partial charge in [0, 0.05) is 12.5 Å². The highest BCUT2D eigenvalue weighted by atomic mass is 16.5. The van der Waals surface area contributed by atoms with E-state index in [1.165, 1.54) is 7.11 Å². The summed E-state index contributed by atoms with van der Waals surface area (Å²) in [5.41, 5.74) is 1.41. The SMILES string of the molecule is COC(=O)CCc1nc2ccc(OC)cc2o1. The van der Waals surface area contributed by atoms with E-state index in [1.807, 2.05) is 12.1 Å². The normalized spacial score (nSPS) is 10.5. The molecule has 0 aliphatic rings. The van der Waals surface area contributed by atoms with Gasteiger partial charge in [-0.2, -0.15) is 0 Å². The maximum atomic E-state index is 11.0. The number of rotatable bonds is 4. The first-order valence-electron chi connectivity index (χ1n) is 5.23. The van der Waals surface area contributed by atoms with Gasteiger partial charge in [-0.3, -0.25) is 4.79 Å². The molecule has 0 saturated heterocycles. The van der Waals surface area contributed by atoms with E-state index in [1.54, 1.807) is 13.2 Å². The van der Waals surface area contributed by atoms with Gasteiger partial charge in [0.15, 0.2) is 11.5 Å². The third-order valence-corrected chi connectivity index (χ3v) is 2.41. The Morgan fingerprint density at radius 1 is 1.41 bits per heavy atom. The van der Waals surface area contributed by atoms with Crippen LogP contribution in [0, 0.1) is 0 Å². The molecule has 0 amide bonds. The lowest BCUT2D eigenvalue weighted by atomic mass is 10.3. The number of methoxy groups -OCH3 is 2. The van der Waals surface area contributed by atoms with Crippen LogP contribution >= 0.6 is 0 Å². The second-order valence-corrected chi connectivity index (χ2v) is 3.52. The van der Waals surface area contributed by atoms with Crippen molar-refractivity contribution < 1.29 is 18.7 Å². The molecule has 0 aliphatic heterocycles. The van der Waals surface area contributed by atoms with Gasteiger partial charge in [-0.1, -0.05) is 0 Å². The van der Waals surface area contributed by atoms with Gasteiger partial charge in [0.1, 0.15) is 11.3 Å². The largest absolute Gasteiger partial charge is 0.497 e. The molecule has 2 aromatic rings. The van der Waals surface area contributed by atoms with Crippen molar-refractivity contribution in [3.8, 4) is 5.75 Å². The average molecular weight is 235 g/mol. The number of carbonyl (C=O) groups excluding carboxylic acids is 1. The van der Waals surface area contributed by atoms with Crippen molar-refractivity contribution in [3.05, 3.63) is 24.1 Å². The second kappa shape index (κ2) is 4.86. The van der Waals surface area contributed by atoms with Gasteiger partial charge in [-0.15, -0.1) is 0 Å². The van der Waals surface area contributed by atoms with Crippen molar-refractivity contribution in [1.29, 1.82) is 0 Å². The Kier molecular flexibility index (Phi) is 3.27. The third kappa shape index (κ3) is 2.55. The topological polar surface area (TPSA) is 61.6 Å². The molecule has 0 saturated carbocycles. The number of oxazole rings is 1. The highest BCUT2D eigenvalue weighted by molar-refractivity contribution is 5.74. The Hall–Kier alpha value is -2.04. The first kappa shape index (κ1) is 11.4. The molecular formula is C12H13NO4. The highest BCUT2D eigenvalue weighted by Crippen LogP contribution is 2.21. The van der Waals surface area contributed by atoms with Gasteiger partial charge in [-0.05, 0) is 12.1 Å². The molecule has 1 aromatic heterocycles. The number of aryl methyl sites for hydroxylation is 1. The summed E-state index contributed by atoms with van der Waals surface area (Å²) in [6.07, 6.45) is 0.699. The van der Waals surface area contributed by atoms with E-state index in [9.17, 15) is 4.79 Å². The number of aromatic nitrogens is 1. The van der Waals surface area contributed by atoms with Gasteiger partial charge < -0.3 is 13.9 Å². The first-order chi connectivity index (χ1) is 8.22. The molecule has 0 fully saturated rings. The Morgan fingerprint density at radius 3 is 2.94 bits per heavy atom. The smallest absolute Gasteiger partial charge is 0.306 e. The number of fused-ring (bicyclic) bond motifs is 1. The van der Waals surface area contributed by atoms with Crippen molar-refractivity contribution >= 4 is 17.1 Å². The monoisotopic (exact) mass is 235 g/mol. The third-order valence-electron chi connectivity index (χ3n) is 2.41. The summed E-state index contributed by atoms with van der Waals surface area (Å²) in [5.74, 6) is 0.969. The molecular weight excluding hydrogens is 222 g/mol. The van der Waals surface area contributed by atoms with Crippen LogP contribution < -0.4 is 4.74 Å². The summed E-state index contributed by atoms with van der Waals surface area (Å²) in [6, 6.07) is 5.40. The lowest BCUT2D eigenvalue weighted by Crippen LogP contribution is -2.01. The summed E-state index contributed by atoms with van der Waals surface area (Å²) in [7, 11) is 2.95. The lowest BCUT2D eigenvalue weighted by molar-refractivity contribution is -0.140. The van der Waals surface area contributed by atoms with E-state index in [-0.39, 0.29) is 12.4 Å². The lowest BCUT2D eigenvalue weighted by Gasteiger charge is -1.96. The Bertz CT molecular complexity index is 532. The Balaban J connectivity index is 2.17. The van der Waals surface area contributed by atoms with Crippen LogP contribution in [0.2, 0.25) is 0 Å². The molecule has 2 rings (SSSR count). The van der Waals surface area contributed by atoms with E-state index >= 15 is 0 Å². The molecule has 0 aliphatic carbocycles. The summed E-state index contributed by atoms with van der Waals surface area (Å²) in [4.78, 5) is 15.3. The molecule has 0 unspecified atom stereocenters. The summed E-state index contributed by atoms with van der Waals surface area (Å²) < 4.78 is 15.1. The van der Waals surface area contributed by atoms with E-state index in [2.05, 4.69) is 9.72 Å². The first-order valence-corrected chi connectivity index (χ1v) is 5.23. The van der Waals surface area contributed by atoms with Crippen LogP contribution in [0.5, 0.6) is 5.75 Å². The van der Waals surface area contributed by atoms with Gasteiger partial charge in [0.2, 0.25) is 0 Å². The van der Waals surface area contributed by atoms with Crippen LogP contribution in [-0.2, 0) is 16.0 Å². The molecule has 5 nitrogen and oxygen atoms in total. The van der Waals surface area contributed by atoms with E-state index in [4.69, 9.17) is 9.15 Å². The van der Waals surface area contributed by atoms with Gasteiger partial charge in [-0.25, -0.2) is 4.98 Å². The molecule has 0 bridgehead atoms. The summed E-state index contributed by atoms with van der Waals surface area (Å²) in [6.45, 7) is 0. The number of ether oxygens (including phenoxy) is 2. The predicted octanol–water partition coefficient (Wildman–Crippen LogP) is 1.94. The standard InChI is InChI=1S/C12H13NO4/c1-15-8-3-4-9-10(7-8)17-11(13-9)5-6-12(14)16-2/h3-4,7H,5-6H2,1-2H3. The van der Waals surface area contributed by atoms with Crippen molar-refractivity contribution in [2.45, 2.75) is 12.8 Å². The highest BCUT2D eigenvalue weighted by Gasteiger charge is 2.09. The van der Waals surface area contributed by atoms with Crippen molar-refractivity contribution in [2.75, 3.05) is 14.2 Å². The minimum Gasteiger partial charge on any atom is -0.497 e. The molecule has 90 valence electrons. The number of carbonyl (C=O) groups is 1. The van der Waals surface area contributed by atoms with Crippen LogP contribution in [0.4, 0.5) is 0 Å². The molecule has 5 heteroatoms. The average Bonchev–Trinajstić information content (AvgIpc) is 2.77. The zero-order chi connectivity index (χ0) is 12.3. The maximum absolute atomic E-state index is 11.0. The maximum Gasteiger partial charge on any atom is 0.306 e. The van der Waals surface area contributed by atoms with Crippen LogP contribution in [0.1, 0.15) is 12.3 Å². The van der Waals surface area contributed by atoms with Crippen molar-refractivity contribution in [3.63, 3.8) is 0 Å². The molecule has 17 heavy (non-hydrogen) atoms. The second-order valence-electron chi connectivity index (χ2n) is 3.52. The molecule has 0 radical (unpaired) electrons. The van der Waals surface area contributed by atoms with Crippen LogP contribution in [0.3, 0.4) is 0 Å². The van der Waals surface area contributed by atoms with E-state index in [0.717, 1.165) is 5.52 Å². The fraction of sp³-hybridized carbons (Fsp3) is 0.333. The quantitative estimate of drug-likeness (QED) is 0.758. The molecule has 1 aromatic carbocycles. The zero-order valence-corrected chi connectivity index (χ0v) is 9.73. The number of nitrogens with zero attached hydrogens (tertiary/aromatic N) is 1. The summed E-state index contributed by atoms with van der Waals surface area (Å²) >= 11 is 0. The van der Waals surface area contributed by atoms with Crippen molar-refractivity contribution in [1.82, 2.24) is 4.98 Å². The van der Waals surface area contributed by atoms with Gasteiger partial charge >= 0.3 is 5.97 Å².